The molecule has 31 heavy (non-hydrogen) atoms. The Morgan fingerprint density at radius 1 is 1.16 bits per heavy atom. The van der Waals surface area contributed by atoms with Gasteiger partial charge in [-0.2, -0.15) is 0 Å². The number of nitro groups is 2. The summed E-state index contributed by atoms with van der Waals surface area (Å²) in [5, 5.41) is 29.3. The van der Waals surface area contributed by atoms with Gasteiger partial charge in [0.1, 0.15) is 5.82 Å². The number of carbonyl (C=O) groups is 2. The van der Waals surface area contributed by atoms with Gasteiger partial charge < -0.3 is 10.0 Å². The number of carboxylic acid groups (broad SMARTS) is 1. The second kappa shape index (κ2) is 9.74. The molecular weight excluding hydrogens is 413 g/mol. The summed E-state index contributed by atoms with van der Waals surface area (Å²) < 4.78 is 12.9. The predicted octanol–water partition coefficient (Wildman–Crippen LogP) is 3.64. The van der Waals surface area contributed by atoms with E-state index >= 15 is 0 Å². The van der Waals surface area contributed by atoms with E-state index in [-0.39, 0.29) is 35.3 Å². The molecule has 1 heterocycles. The summed E-state index contributed by atoms with van der Waals surface area (Å²) in [6, 6.07) is 7.54. The molecule has 1 amide bonds. The number of carboxylic acids is 1. The Morgan fingerprint density at radius 3 is 2.29 bits per heavy atom. The Labute approximate surface area is 176 Å². The number of amides is 1. The normalized spacial score (nSPS) is 13.1. The quantitative estimate of drug-likeness (QED) is 0.541. The van der Waals surface area contributed by atoms with Gasteiger partial charge in [-0.25, -0.2) is 4.39 Å². The highest BCUT2D eigenvalue weighted by molar-refractivity contribution is 6.02. The highest BCUT2D eigenvalue weighted by Gasteiger charge is 2.31. The van der Waals surface area contributed by atoms with E-state index in [1.807, 2.05) is 13.8 Å². The van der Waals surface area contributed by atoms with E-state index in [0.717, 1.165) is 35.9 Å². The van der Waals surface area contributed by atoms with Crippen LogP contribution in [-0.2, 0) is 22.4 Å². The van der Waals surface area contributed by atoms with Crippen molar-refractivity contribution >= 4 is 28.9 Å². The highest BCUT2D eigenvalue weighted by Crippen LogP contribution is 2.33. The SMILES string of the molecule is CCC(C)N1C(=O)Cc2cc([N+](=O)[O-])ccc21.O=C(O)Cc1cc([N+](=O)[O-])ccc1F. The van der Waals surface area contributed by atoms with Crippen LogP contribution in [0.15, 0.2) is 36.4 Å². The fourth-order valence-electron chi connectivity index (χ4n) is 3.08. The van der Waals surface area contributed by atoms with Gasteiger partial charge in [0.05, 0.1) is 22.7 Å². The van der Waals surface area contributed by atoms with E-state index in [1.165, 1.54) is 12.1 Å². The van der Waals surface area contributed by atoms with Gasteiger partial charge in [0.2, 0.25) is 5.91 Å². The lowest BCUT2D eigenvalue weighted by atomic mass is 10.1. The first-order valence-electron chi connectivity index (χ1n) is 9.29. The monoisotopic (exact) mass is 433 g/mol. The lowest BCUT2D eigenvalue weighted by molar-refractivity contribution is -0.385. The first kappa shape index (κ1) is 23.4. The molecule has 0 aliphatic carbocycles. The van der Waals surface area contributed by atoms with Crippen molar-refractivity contribution < 1.29 is 28.9 Å². The molecule has 0 saturated carbocycles. The van der Waals surface area contributed by atoms with Crippen molar-refractivity contribution in [3.8, 4) is 0 Å². The van der Waals surface area contributed by atoms with Crippen LogP contribution in [0.2, 0.25) is 0 Å². The molecule has 11 heteroatoms. The molecule has 0 spiro atoms. The summed E-state index contributed by atoms with van der Waals surface area (Å²) in [6.07, 6.45) is 0.567. The van der Waals surface area contributed by atoms with Crippen molar-refractivity contribution in [1.82, 2.24) is 0 Å². The van der Waals surface area contributed by atoms with Gasteiger partial charge in [0.25, 0.3) is 11.4 Å². The van der Waals surface area contributed by atoms with Crippen molar-refractivity contribution in [2.45, 2.75) is 39.2 Å². The number of fused-ring (bicyclic) bond motifs is 1. The maximum absolute atomic E-state index is 12.9. The molecule has 1 aliphatic rings. The zero-order valence-corrected chi connectivity index (χ0v) is 16.8. The van der Waals surface area contributed by atoms with Crippen molar-refractivity contribution in [3.63, 3.8) is 0 Å². The number of halogens is 1. The van der Waals surface area contributed by atoms with Crippen LogP contribution in [0.3, 0.4) is 0 Å². The van der Waals surface area contributed by atoms with E-state index in [1.54, 1.807) is 11.0 Å². The van der Waals surface area contributed by atoms with Crippen LogP contribution in [0.25, 0.3) is 0 Å². The summed E-state index contributed by atoms with van der Waals surface area (Å²) in [5.41, 5.74) is 1.11. The molecule has 1 N–H and O–H groups in total. The first-order chi connectivity index (χ1) is 14.5. The van der Waals surface area contributed by atoms with Crippen LogP contribution in [0.4, 0.5) is 21.5 Å². The van der Waals surface area contributed by atoms with Gasteiger partial charge in [0, 0.05) is 41.6 Å². The van der Waals surface area contributed by atoms with E-state index < -0.39 is 28.1 Å². The van der Waals surface area contributed by atoms with Gasteiger partial charge in [-0.1, -0.05) is 6.92 Å². The molecular formula is C20H20FN3O7. The summed E-state index contributed by atoms with van der Waals surface area (Å²) in [6.45, 7) is 4.00. The number of aliphatic carboxylic acids is 1. The van der Waals surface area contributed by atoms with Crippen molar-refractivity contribution in [3.05, 3.63) is 73.6 Å². The third kappa shape index (κ3) is 5.59. The van der Waals surface area contributed by atoms with Crippen molar-refractivity contribution in [1.29, 1.82) is 0 Å². The van der Waals surface area contributed by atoms with E-state index in [4.69, 9.17) is 5.11 Å². The summed E-state index contributed by atoms with van der Waals surface area (Å²) >= 11 is 0. The Balaban J connectivity index is 0.000000225. The predicted molar refractivity (Wildman–Crippen MR) is 108 cm³/mol. The van der Waals surface area contributed by atoms with E-state index in [2.05, 4.69) is 0 Å². The minimum absolute atomic E-state index is 0.0230. The summed E-state index contributed by atoms with van der Waals surface area (Å²) in [4.78, 5) is 43.7. The second-order valence-corrected chi connectivity index (χ2v) is 6.87. The van der Waals surface area contributed by atoms with Gasteiger partial charge in [-0.3, -0.25) is 29.8 Å². The lowest BCUT2D eigenvalue weighted by Crippen LogP contribution is -2.35. The molecule has 1 atom stereocenters. The van der Waals surface area contributed by atoms with Crippen molar-refractivity contribution in [2.75, 3.05) is 4.90 Å². The molecule has 0 fully saturated rings. The number of rotatable bonds is 6. The van der Waals surface area contributed by atoms with Crippen LogP contribution in [0.1, 0.15) is 31.4 Å². The Morgan fingerprint density at radius 2 is 1.74 bits per heavy atom. The molecule has 2 aromatic carbocycles. The number of carbonyl (C=O) groups excluding carboxylic acids is 1. The molecule has 0 bridgehead atoms. The first-order valence-corrected chi connectivity index (χ1v) is 9.29. The van der Waals surface area contributed by atoms with E-state index in [0.29, 0.717) is 0 Å². The zero-order chi connectivity index (χ0) is 23.3. The Kier molecular flexibility index (Phi) is 7.35. The zero-order valence-electron chi connectivity index (χ0n) is 16.8. The van der Waals surface area contributed by atoms with Crippen LogP contribution in [0.5, 0.6) is 0 Å². The Hall–Kier alpha value is -3.89. The van der Waals surface area contributed by atoms with Crippen LogP contribution in [-0.4, -0.2) is 32.9 Å². The third-order valence-corrected chi connectivity index (χ3v) is 4.76. The third-order valence-electron chi connectivity index (χ3n) is 4.76. The number of nitrogens with zero attached hydrogens (tertiary/aromatic N) is 3. The second-order valence-electron chi connectivity index (χ2n) is 6.87. The molecule has 2 aromatic rings. The smallest absolute Gasteiger partial charge is 0.307 e. The van der Waals surface area contributed by atoms with Crippen LogP contribution >= 0.6 is 0 Å². The van der Waals surface area contributed by atoms with Gasteiger partial charge in [-0.15, -0.1) is 0 Å². The summed E-state index contributed by atoms with van der Waals surface area (Å²) in [5.74, 6) is -1.96. The number of benzene rings is 2. The molecule has 0 saturated heterocycles. The molecule has 10 nitrogen and oxygen atoms in total. The average molecular weight is 433 g/mol. The van der Waals surface area contributed by atoms with Gasteiger partial charge in [0.15, 0.2) is 0 Å². The lowest BCUT2D eigenvalue weighted by Gasteiger charge is -2.24. The van der Waals surface area contributed by atoms with Crippen LogP contribution in [0, 0.1) is 26.0 Å². The molecule has 0 radical (unpaired) electrons. The van der Waals surface area contributed by atoms with Crippen molar-refractivity contribution in [2.24, 2.45) is 0 Å². The van der Waals surface area contributed by atoms with E-state index in [9.17, 15) is 34.2 Å². The number of nitro benzene ring substituents is 2. The minimum atomic E-state index is -1.23. The molecule has 0 aromatic heterocycles. The topological polar surface area (TPSA) is 144 Å². The Bertz CT molecular complexity index is 1040. The fourth-order valence-corrected chi connectivity index (χ4v) is 3.08. The molecule has 3 rings (SSSR count). The van der Waals surface area contributed by atoms with Gasteiger partial charge in [-0.05, 0) is 31.0 Å². The maximum Gasteiger partial charge on any atom is 0.307 e. The number of hydrogen-bond acceptors (Lipinski definition) is 6. The highest BCUT2D eigenvalue weighted by atomic mass is 19.1. The standard InChI is InChI=1S/C12H14N2O3.C8H6FNO4/c1-3-8(2)13-11-5-4-10(14(16)17)6-9(11)7-12(13)15;9-7-2-1-6(10(13)14)3-5(7)4-8(11)12/h4-6,8H,3,7H2,1-2H3;1-3H,4H2,(H,11,12). The largest absolute Gasteiger partial charge is 0.481 e. The van der Waals surface area contributed by atoms with Crippen LogP contribution < -0.4 is 4.90 Å². The average Bonchev–Trinajstić information content (AvgIpc) is 3.03. The molecule has 164 valence electrons. The molecule has 1 unspecified atom stereocenters. The minimum Gasteiger partial charge on any atom is -0.481 e. The number of anilines is 1. The number of non-ortho nitro benzene ring substituents is 2. The number of hydrogen-bond donors (Lipinski definition) is 1. The van der Waals surface area contributed by atoms with Gasteiger partial charge >= 0.3 is 5.97 Å². The fraction of sp³-hybridized carbons (Fsp3) is 0.300. The maximum atomic E-state index is 12.9. The molecule has 1 aliphatic heterocycles. The summed E-state index contributed by atoms with van der Waals surface area (Å²) in [7, 11) is 0.